The zero-order valence-corrected chi connectivity index (χ0v) is 8.93. The predicted molar refractivity (Wildman–Crippen MR) is 55.6 cm³/mol. The first-order valence-electron chi connectivity index (χ1n) is 3.83. The van der Waals surface area contributed by atoms with Gasteiger partial charge in [0.15, 0.2) is 0 Å². The number of methoxy groups -OCH3 is 1. The molecule has 0 aromatic heterocycles. The number of halogens is 2. The van der Waals surface area contributed by atoms with E-state index in [0.29, 0.717) is 10.8 Å². The fourth-order valence-electron chi connectivity index (χ4n) is 0.999. The molecule has 0 bridgehead atoms. The Labute approximate surface area is 87.9 Å². The summed E-state index contributed by atoms with van der Waals surface area (Å²) in [5.74, 6) is 0.659. The third-order valence-electron chi connectivity index (χ3n) is 1.80. The van der Waals surface area contributed by atoms with Crippen molar-refractivity contribution in [3.63, 3.8) is 0 Å². The monoisotopic (exact) mass is 218 g/mol. The van der Waals surface area contributed by atoms with Crippen LogP contribution in [0.25, 0.3) is 4.84 Å². The molecule has 0 radical (unpaired) electrons. The van der Waals surface area contributed by atoms with Gasteiger partial charge in [0.25, 0.3) is 0 Å². The van der Waals surface area contributed by atoms with Gasteiger partial charge in [-0.25, -0.2) is 0 Å². The Morgan fingerprint density at radius 1 is 1.46 bits per heavy atom. The molecule has 0 aliphatic rings. The summed E-state index contributed by atoms with van der Waals surface area (Å²) in [6, 6.07) is 5.44. The van der Waals surface area contributed by atoms with Crippen LogP contribution in [0.15, 0.2) is 18.2 Å². The van der Waals surface area contributed by atoms with E-state index in [2.05, 4.69) is 4.84 Å². The lowest BCUT2D eigenvalue weighted by molar-refractivity contribution is 0.415. The molecule has 4 heteroatoms. The highest BCUT2D eigenvalue weighted by Gasteiger charge is 2.02. The van der Waals surface area contributed by atoms with Crippen molar-refractivity contribution < 1.29 is 4.74 Å². The summed E-state index contributed by atoms with van der Waals surface area (Å²) in [5.41, 5.74) is 0.973. The van der Waals surface area contributed by atoms with Gasteiger partial charge in [0, 0.05) is 0 Å². The second kappa shape index (κ2) is 4.70. The van der Waals surface area contributed by atoms with Gasteiger partial charge in [0.2, 0.25) is 0 Å². The summed E-state index contributed by atoms with van der Waals surface area (Å²) in [7, 11) is 1.58. The molecule has 0 spiro atoms. The van der Waals surface area contributed by atoms with Gasteiger partial charge >= 0.3 is 0 Å². The first-order valence-corrected chi connectivity index (χ1v) is 4.55. The minimum absolute atomic E-state index is 0.0509. The van der Waals surface area contributed by atoms with Crippen LogP contribution < -0.4 is 4.74 Å². The van der Waals surface area contributed by atoms with Crippen LogP contribution in [-0.2, 0) is 0 Å². The van der Waals surface area contributed by atoms with Crippen molar-refractivity contribution in [1.82, 2.24) is 0 Å². The molecule has 0 saturated carbocycles. The standard InChI is InChI=1S/C9H10Cl2NO/c1-6(12-11)7-3-4-9(13-2)8(10)5-7/h3-6H,1-2H3/q-1/t6-/m0/s1. The van der Waals surface area contributed by atoms with Crippen LogP contribution in [-0.4, -0.2) is 7.11 Å². The summed E-state index contributed by atoms with van der Waals surface area (Å²) in [6.07, 6.45) is 0. The quantitative estimate of drug-likeness (QED) is 0.755. The van der Waals surface area contributed by atoms with E-state index in [-0.39, 0.29) is 6.04 Å². The number of rotatable bonds is 3. The molecule has 0 unspecified atom stereocenters. The normalized spacial score (nSPS) is 12.6. The number of ether oxygens (including phenoxy) is 1. The first-order chi connectivity index (χ1) is 6.19. The molecule has 1 aromatic carbocycles. The van der Waals surface area contributed by atoms with Gasteiger partial charge < -0.3 is 9.57 Å². The molecular weight excluding hydrogens is 209 g/mol. The smallest absolute Gasteiger partial charge is 0.137 e. The summed E-state index contributed by atoms with van der Waals surface area (Å²) < 4.78 is 5.02. The lowest BCUT2D eigenvalue weighted by Crippen LogP contribution is -1.90. The third kappa shape index (κ3) is 2.50. The topological polar surface area (TPSA) is 23.3 Å². The molecule has 13 heavy (non-hydrogen) atoms. The van der Waals surface area contributed by atoms with Crippen LogP contribution in [0.2, 0.25) is 5.02 Å². The van der Waals surface area contributed by atoms with Gasteiger partial charge in [-0.2, -0.15) is 0 Å². The minimum atomic E-state index is -0.0509. The van der Waals surface area contributed by atoms with Crippen molar-refractivity contribution in [1.29, 1.82) is 0 Å². The number of hydrogen-bond acceptors (Lipinski definition) is 1. The molecule has 0 amide bonds. The molecule has 2 nitrogen and oxygen atoms in total. The molecule has 1 rings (SSSR count). The van der Waals surface area contributed by atoms with E-state index in [0.717, 1.165) is 5.56 Å². The largest absolute Gasteiger partial charge is 0.569 e. The van der Waals surface area contributed by atoms with Gasteiger partial charge in [-0.1, -0.05) is 30.2 Å². The maximum atomic E-state index is 5.92. The predicted octanol–water partition coefficient (Wildman–Crippen LogP) is 3.94. The van der Waals surface area contributed by atoms with Crippen LogP contribution in [0.5, 0.6) is 5.75 Å². The Balaban J connectivity index is 2.95. The molecule has 0 N–H and O–H groups in total. The van der Waals surface area contributed by atoms with Crippen LogP contribution in [0.4, 0.5) is 0 Å². The van der Waals surface area contributed by atoms with Crippen molar-refractivity contribution in [3.8, 4) is 5.75 Å². The maximum Gasteiger partial charge on any atom is 0.137 e. The Kier molecular flexibility index (Phi) is 3.85. The van der Waals surface area contributed by atoms with E-state index in [4.69, 9.17) is 28.1 Å². The molecule has 1 aromatic rings. The van der Waals surface area contributed by atoms with E-state index in [1.807, 2.05) is 13.0 Å². The van der Waals surface area contributed by atoms with Crippen LogP contribution in [0, 0.1) is 0 Å². The molecular formula is C9H10Cl2NO-. The third-order valence-corrected chi connectivity index (χ3v) is 2.39. The fraction of sp³-hybridized carbons (Fsp3) is 0.333. The van der Waals surface area contributed by atoms with Crippen molar-refractivity contribution >= 4 is 23.4 Å². The summed E-state index contributed by atoms with van der Waals surface area (Å²) in [6.45, 7) is 1.89. The van der Waals surface area contributed by atoms with E-state index >= 15 is 0 Å². The number of benzene rings is 1. The number of hydrogen-bond donors (Lipinski definition) is 0. The molecule has 0 heterocycles. The Bertz CT molecular complexity index is 291. The maximum absolute atomic E-state index is 5.92. The molecule has 72 valence electrons. The highest BCUT2D eigenvalue weighted by molar-refractivity contribution is 6.32. The van der Waals surface area contributed by atoms with Crippen molar-refractivity contribution in [2.45, 2.75) is 13.0 Å². The van der Waals surface area contributed by atoms with Crippen LogP contribution in [0.3, 0.4) is 0 Å². The average molecular weight is 219 g/mol. The van der Waals surface area contributed by atoms with Crippen molar-refractivity contribution in [2.24, 2.45) is 0 Å². The Hall–Kier alpha value is -0.440. The SMILES string of the molecule is COc1ccc([C@H](C)[N-]Cl)cc1Cl. The van der Waals surface area contributed by atoms with Gasteiger partial charge in [-0.05, 0) is 12.1 Å². The van der Waals surface area contributed by atoms with Gasteiger partial charge in [-0.3, -0.25) is 11.8 Å². The zero-order chi connectivity index (χ0) is 9.84. The highest BCUT2D eigenvalue weighted by Crippen LogP contribution is 2.30. The molecule has 0 saturated heterocycles. The van der Waals surface area contributed by atoms with E-state index in [1.165, 1.54) is 0 Å². The van der Waals surface area contributed by atoms with Gasteiger partial charge in [0.1, 0.15) is 5.75 Å². The summed E-state index contributed by atoms with van der Waals surface area (Å²) >= 11 is 11.3. The van der Waals surface area contributed by atoms with Gasteiger partial charge in [0.05, 0.1) is 12.1 Å². The van der Waals surface area contributed by atoms with Crippen molar-refractivity contribution in [2.75, 3.05) is 7.11 Å². The lowest BCUT2D eigenvalue weighted by atomic mass is 10.1. The molecule has 0 aliphatic carbocycles. The average Bonchev–Trinajstić information content (AvgIpc) is 2.16. The first kappa shape index (κ1) is 10.6. The summed E-state index contributed by atoms with van der Waals surface area (Å²) in [4.78, 5) is 3.63. The Morgan fingerprint density at radius 3 is 2.62 bits per heavy atom. The van der Waals surface area contributed by atoms with Crippen LogP contribution >= 0.6 is 23.4 Å². The zero-order valence-electron chi connectivity index (χ0n) is 7.42. The van der Waals surface area contributed by atoms with E-state index < -0.39 is 0 Å². The fourth-order valence-corrected chi connectivity index (χ4v) is 1.38. The Morgan fingerprint density at radius 2 is 2.15 bits per heavy atom. The summed E-state index contributed by atoms with van der Waals surface area (Å²) in [5, 5.41) is 0.576. The second-order valence-corrected chi connectivity index (χ2v) is 3.27. The lowest BCUT2D eigenvalue weighted by Gasteiger charge is -2.21. The molecule has 0 fully saturated rings. The van der Waals surface area contributed by atoms with Crippen LogP contribution in [0.1, 0.15) is 18.5 Å². The number of nitrogens with zero attached hydrogens (tertiary/aromatic N) is 1. The van der Waals surface area contributed by atoms with E-state index in [9.17, 15) is 0 Å². The molecule has 1 atom stereocenters. The molecule has 0 aliphatic heterocycles. The second-order valence-electron chi connectivity index (χ2n) is 2.67. The minimum Gasteiger partial charge on any atom is -0.569 e. The van der Waals surface area contributed by atoms with Gasteiger partial charge in [-0.15, -0.1) is 6.04 Å². The highest BCUT2D eigenvalue weighted by atomic mass is 35.5. The van der Waals surface area contributed by atoms with E-state index in [1.54, 1.807) is 19.2 Å². The van der Waals surface area contributed by atoms with Crippen molar-refractivity contribution in [3.05, 3.63) is 33.6 Å².